The van der Waals surface area contributed by atoms with E-state index in [1.165, 1.54) is 19.3 Å². The molecule has 0 unspecified atom stereocenters. The standard InChI is InChI=1S/C15H19/c1-2-4-14(3-1)15-8-11-5-12(9-15)7-13(6-11)10-15/h3-4,11-13H,1,5-10H2. The SMILES string of the molecule is [C]1=CC(C23CC4CC(CC(C4)C2)C3)=CC1. The molecule has 0 amide bonds. The Morgan fingerprint density at radius 3 is 2.07 bits per heavy atom. The summed E-state index contributed by atoms with van der Waals surface area (Å²) >= 11 is 0. The Kier molecular flexibility index (Phi) is 1.60. The van der Waals surface area contributed by atoms with E-state index in [1.54, 1.807) is 24.8 Å². The van der Waals surface area contributed by atoms with Gasteiger partial charge in [-0.05, 0) is 79.8 Å². The minimum atomic E-state index is 0.623. The molecule has 0 nitrogen and oxygen atoms in total. The summed E-state index contributed by atoms with van der Waals surface area (Å²) in [5.41, 5.74) is 2.29. The highest BCUT2D eigenvalue weighted by molar-refractivity contribution is 5.33. The molecule has 15 heavy (non-hydrogen) atoms. The summed E-state index contributed by atoms with van der Waals surface area (Å²) in [5, 5.41) is 0. The molecule has 0 spiro atoms. The van der Waals surface area contributed by atoms with Crippen molar-refractivity contribution in [3.63, 3.8) is 0 Å². The van der Waals surface area contributed by atoms with Crippen molar-refractivity contribution in [1.82, 2.24) is 0 Å². The first kappa shape index (κ1) is 8.61. The van der Waals surface area contributed by atoms with Crippen LogP contribution in [0.4, 0.5) is 0 Å². The number of hydrogen-bond acceptors (Lipinski definition) is 0. The van der Waals surface area contributed by atoms with Crippen molar-refractivity contribution in [3.05, 3.63) is 23.8 Å². The summed E-state index contributed by atoms with van der Waals surface area (Å²) in [6.45, 7) is 0. The normalized spacial score (nSPS) is 51.2. The molecule has 0 aromatic carbocycles. The number of hydrogen-bond donors (Lipinski definition) is 0. The Hall–Kier alpha value is -0.520. The number of allylic oxidation sites excluding steroid dienone is 4. The van der Waals surface area contributed by atoms with E-state index in [9.17, 15) is 0 Å². The minimum absolute atomic E-state index is 0.623. The highest BCUT2D eigenvalue weighted by Crippen LogP contribution is 2.63. The van der Waals surface area contributed by atoms with Gasteiger partial charge in [0.2, 0.25) is 0 Å². The fourth-order valence-corrected chi connectivity index (χ4v) is 5.23. The van der Waals surface area contributed by atoms with Crippen LogP contribution >= 0.6 is 0 Å². The van der Waals surface area contributed by atoms with Crippen molar-refractivity contribution in [2.45, 2.75) is 44.9 Å². The maximum Gasteiger partial charge on any atom is -0.00420 e. The summed E-state index contributed by atoms with van der Waals surface area (Å²) < 4.78 is 0. The third kappa shape index (κ3) is 1.14. The lowest BCUT2D eigenvalue weighted by molar-refractivity contribution is -0.0284. The van der Waals surface area contributed by atoms with Crippen LogP contribution in [0.1, 0.15) is 44.9 Å². The highest BCUT2D eigenvalue weighted by Gasteiger charge is 2.51. The van der Waals surface area contributed by atoms with Gasteiger partial charge in [0.1, 0.15) is 0 Å². The van der Waals surface area contributed by atoms with Gasteiger partial charge in [0.15, 0.2) is 0 Å². The molecular formula is C15H19. The zero-order chi connectivity index (χ0) is 9.88. The van der Waals surface area contributed by atoms with Gasteiger partial charge < -0.3 is 0 Å². The first-order chi connectivity index (χ1) is 7.34. The van der Waals surface area contributed by atoms with Crippen molar-refractivity contribution in [2.75, 3.05) is 0 Å². The lowest BCUT2D eigenvalue weighted by Gasteiger charge is -2.57. The summed E-state index contributed by atoms with van der Waals surface area (Å²) in [5.74, 6) is 3.23. The summed E-state index contributed by atoms with van der Waals surface area (Å²) in [4.78, 5) is 0. The van der Waals surface area contributed by atoms with Gasteiger partial charge in [0.25, 0.3) is 0 Å². The Morgan fingerprint density at radius 1 is 1.00 bits per heavy atom. The summed E-state index contributed by atoms with van der Waals surface area (Å²) in [6, 6.07) is 0. The van der Waals surface area contributed by atoms with Crippen LogP contribution in [0.15, 0.2) is 17.7 Å². The van der Waals surface area contributed by atoms with Crippen molar-refractivity contribution >= 4 is 0 Å². The molecule has 1 radical (unpaired) electrons. The molecule has 4 saturated carbocycles. The number of rotatable bonds is 1. The van der Waals surface area contributed by atoms with Crippen LogP contribution in [0.2, 0.25) is 0 Å². The van der Waals surface area contributed by atoms with Crippen molar-refractivity contribution in [3.8, 4) is 0 Å². The van der Waals surface area contributed by atoms with E-state index in [4.69, 9.17) is 0 Å². The minimum Gasteiger partial charge on any atom is -0.0763 e. The smallest absolute Gasteiger partial charge is 0.00420 e. The summed E-state index contributed by atoms with van der Waals surface area (Å²) in [6.07, 6.45) is 18.4. The van der Waals surface area contributed by atoms with Crippen LogP contribution in [-0.2, 0) is 0 Å². The maximum atomic E-state index is 3.38. The van der Waals surface area contributed by atoms with Gasteiger partial charge in [-0.3, -0.25) is 0 Å². The largest absolute Gasteiger partial charge is 0.0763 e. The molecule has 0 heterocycles. The molecule has 0 N–H and O–H groups in total. The average Bonchev–Trinajstić information content (AvgIpc) is 2.67. The lowest BCUT2D eigenvalue weighted by atomic mass is 9.48. The van der Waals surface area contributed by atoms with Crippen LogP contribution in [0.5, 0.6) is 0 Å². The van der Waals surface area contributed by atoms with Crippen molar-refractivity contribution in [2.24, 2.45) is 23.2 Å². The molecule has 79 valence electrons. The van der Waals surface area contributed by atoms with E-state index in [1.807, 2.05) is 0 Å². The van der Waals surface area contributed by atoms with Gasteiger partial charge in [-0.1, -0.05) is 12.2 Å². The monoisotopic (exact) mass is 199 g/mol. The third-order valence-corrected chi connectivity index (χ3v) is 5.35. The fourth-order valence-electron chi connectivity index (χ4n) is 5.23. The van der Waals surface area contributed by atoms with Gasteiger partial charge in [0, 0.05) is 0 Å². The zero-order valence-electron chi connectivity index (χ0n) is 9.34. The molecule has 4 bridgehead atoms. The molecular weight excluding hydrogens is 180 g/mol. The van der Waals surface area contributed by atoms with Gasteiger partial charge in [-0.25, -0.2) is 0 Å². The summed E-state index contributed by atoms with van der Waals surface area (Å²) in [7, 11) is 0. The average molecular weight is 199 g/mol. The quantitative estimate of drug-likeness (QED) is 0.601. The lowest BCUT2D eigenvalue weighted by Crippen LogP contribution is -2.46. The Bertz CT molecular complexity index is 310. The molecule has 0 atom stereocenters. The molecule has 0 aliphatic heterocycles. The molecule has 5 aliphatic rings. The third-order valence-electron chi connectivity index (χ3n) is 5.35. The second kappa shape index (κ2) is 2.78. The molecule has 0 aromatic rings. The predicted molar refractivity (Wildman–Crippen MR) is 61.1 cm³/mol. The van der Waals surface area contributed by atoms with E-state index in [0.717, 1.165) is 24.2 Å². The molecule has 0 saturated heterocycles. The van der Waals surface area contributed by atoms with Crippen LogP contribution < -0.4 is 0 Å². The highest BCUT2D eigenvalue weighted by atomic mass is 14.6. The Morgan fingerprint density at radius 2 is 1.60 bits per heavy atom. The van der Waals surface area contributed by atoms with Crippen molar-refractivity contribution < 1.29 is 0 Å². The van der Waals surface area contributed by atoms with Gasteiger partial charge in [-0.2, -0.15) is 0 Å². The molecule has 4 fully saturated rings. The van der Waals surface area contributed by atoms with Crippen LogP contribution in [0, 0.1) is 29.2 Å². The predicted octanol–water partition coefficient (Wildman–Crippen LogP) is 3.89. The molecule has 5 rings (SSSR count). The van der Waals surface area contributed by atoms with Gasteiger partial charge >= 0.3 is 0 Å². The van der Waals surface area contributed by atoms with Crippen LogP contribution in [-0.4, -0.2) is 0 Å². The fraction of sp³-hybridized carbons (Fsp3) is 0.733. The molecule has 5 aliphatic carbocycles. The molecule has 0 heteroatoms. The maximum absolute atomic E-state index is 3.38. The van der Waals surface area contributed by atoms with E-state index in [2.05, 4.69) is 18.2 Å². The first-order valence-electron chi connectivity index (χ1n) is 6.61. The second-order valence-electron chi connectivity index (χ2n) is 6.41. The van der Waals surface area contributed by atoms with E-state index >= 15 is 0 Å². The van der Waals surface area contributed by atoms with E-state index in [0.29, 0.717) is 5.41 Å². The van der Waals surface area contributed by atoms with Crippen LogP contribution in [0.25, 0.3) is 0 Å². The van der Waals surface area contributed by atoms with Crippen molar-refractivity contribution in [1.29, 1.82) is 0 Å². The zero-order valence-corrected chi connectivity index (χ0v) is 9.34. The Labute approximate surface area is 92.4 Å². The Balaban J connectivity index is 1.74. The van der Waals surface area contributed by atoms with Crippen LogP contribution in [0.3, 0.4) is 0 Å². The molecule has 0 aromatic heterocycles. The topological polar surface area (TPSA) is 0 Å². The van der Waals surface area contributed by atoms with E-state index < -0.39 is 0 Å². The van der Waals surface area contributed by atoms with E-state index in [-0.39, 0.29) is 0 Å². The van der Waals surface area contributed by atoms with Gasteiger partial charge in [-0.15, -0.1) is 0 Å². The second-order valence-corrected chi connectivity index (χ2v) is 6.41. The van der Waals surface area contributed by atoms with Gasteiger partial charge in [0.05, 0.1) is 0 Å². The first-order valence-corrected chi connectivity index (χ1v) is 6.61.